The molecule has 0 aliphatic rings. The van der Waals surface area contributed by atoms with Gasteiger partial charge in [-0.05, 0) is 39.7 Å². The molecule has 0 aliphatic heterocycles. The smallest absolute Gasteiger partial charge is 0.177 e. The van der Waals surface area contributed by atoms with E-state index in [1.807, 2.05) is 0 Å². The van der Waals surface area contributed by atoms with Crippen LogP contribution in [0.1, 0.15) is 15.2 Å². The molecule has 0 amide bonds. The number of halogens is 3. The Labute approximate surface area is 115 Å². The minimum atomic E-state index is -0.333. The van der Waals surface area contributed by atoms with Gasteiger partial charge in [0.05, 0.1) is 4.88 Å². The zero-order valence-electron chi connectivity index (χ0n) is 8.54. The van der Waals surface area contributed by atoms with Gasteiger partial charge in [-0.25, -0.2) is 4.39 Å². The molecular weight excluding hydrogens is 327 g/mol. The molecule has 5 heteroatoms. The van der Waals surface area contributed by atoms with Gasteiger partial charge in [0, 0.05) is 10.9 Å². The fourth-order valence-corrected chi connectivity index (χ4v) is 3.04. The van der Waals surface area contributed by atoms with Crippen molar-refractivity contribution in [2.24, 2.45) is 0 Å². The van der Waals surface area contributed by atoms with E-state index in [1.165, 1.54) is 23.5 Å². The summed E-state index contributed by atoms with van der Waals surface area (Å²) < 4.78 is 14.2. The Balaban J connectivity index is 2.17. The lowest BCUT2D eigenvalue weighted by molar-refractivity contribution is 0.0997. The third-order valence-electron chi connectivity index (χ3n) is 2.17. The van der Waals surface area contributed by atoms with Crippen molar-refractivity contribution in [3.8, 4) is 0 Å². The molecule has 0 saturated heterocycles. The van der Waals surface area contributed by atoms with Gasteiger partial charge in [0.2, 0.25) is 0 Å². The first-order valence-corrected chi connectivity index (χ1v) is 6.77. The fraction of sp³-hybridized carbons (Fsp3) is 0.0833. The molecule has 17 heavy (non-hydrogen) atoms. The topological polar surface area (TPSA) is 17.1 Å². The van der Waals surface area contributed by atoms with E-state index in [2.05, 4.69) is 15.9 Å². The van der Waals surface area contributed by atoms with E-state index < -0.39 is 0 Å². The minimum Gasteiger partial charge on any atom is -0.293 e. The van der Waals surface area contributed by atoms with E-state index in [1.54, 1.807) is 18.2 Å². The Kier molecular flexibility index (Phi) is 3.97. The van der Waals surface area contributed by atoms with Gasteiger partial charge in [0.1, 0.15) is 10.2 Å². The maximum absolute atomic E-state index is 13.0. The first kappa shape index (κ1) is 12.7. The molecule has 0 saturated carbocycles. The van der Waals surface area contributed by atoms with Crippen LogP contribution in [-0.2, 0) is 6.42 Å². The van der Waals surface area contributed by atoms with Gasteiger partial charge in [-0.2, -0.15) is 0 Å². The first-order valence-electron chi connectivity index (χ1n) is 4.79. The molecule has 88 valence electrons. The van der Waals surface area contributed by atoms with Crippen molar-refractivity contribution in [1.82, 2.24) is 0 Å². The number of carbonyl (C=O) groups excluding carboxylic acids is 1. The number of benzene rings is 1. The van der Waals surface area contributed by atoms with Crippen molar-refractivity contribution in [3.63, 3.8) is 0 Å². The number of hydrogen-bond donors (Lipinski definition) is 0. The second-order valence-electron chi connectivity index (χ2n) is 3.46. The van der Waals surface area contributed by atoms with E-state index in [0.717, 1.165) is 0 Å². The number of hydrogen-bond acceptors (Lipinski definition) is 2. The molecular formula is C12H7BrClFOS. The molecule has 2 rings (SSSR count). The highest BCUT2D eigenvalue weighted by Gasteiger charge is 2.13. The fourth-order valence-electron chi connectivity index (χ4n) is 1.40. The standard InChI is InChI=1S/C12H7BrClFOS/c13-9-6-11(17-12(9)14)10(16)5-7-2-1-3-8(15)4-7/h1-4,6H,5H2. The lowest BCUT2D eigenvalue weighted by Gasteiger charge is -1.99. The van der Waals surface area contributed by atoms with Crippen molar-refractivity contribution in [3.05, 3.63) is 55.4 Å². The predicted molar refractivity (Wildman–Crippen MR) is 71.5 cm³/mol. The highest BCUT2D eigenvalue weighted by Crippen LogP contribution is 2.32. The average Bonchev–Trinajstić information content (AvgIpc) is 2.59. The summed E-state index contributed by atoms with van der Waals surface area (Å²) in [6.45, 7) is 0. The van der Waals surface area contributed by atoms with Crippen LogP contribution in [0.15, 0.2) is 34.8 Å². The lowest BCUT2D eigenvalue weighted by atomic mass is 10.1. The third kappa shape index (κ3) is 3.15. The van der Waals surface area contributed by atoms with E-state index in [-0.39, 0.29) is 18.0 Å². The van der Waals surface area contributed by atoms with Gasteiger partial charge in [0.25, 0.3) is 0 Å². The van der Waals surface area contributed by atoms with Crippen molar-refractivity contribution in [2.75, 3.05) is 0 Å². The Bertz CT molecular complexity index is 548. The summed E-state index contributed by atoms with van der Waals surface area (Å²) in [4.78, 5) is 12.5. The monoisotopic (exact) mass is 332 g/mol. The summed E-state index contributed by atoms with van der Waals surface area (Å²) in [5.74, 6) is -0.395. The van der Waals surface area contributed by atoms with Gasteiger partial charge < -0.3 is 0 Å². The Morgan fingerprint density at radius 3 is 2.76 bits per heavy atom. The molecule has 2 aromatic rings. The first-order chi connectivity index (χ1) is 8.06. The second kappa shape index (κ2) is 5.29. The van der Waals surface area contributed by atoms with E-state index in [0.29, 0.717) is 19.2 Å². The number of ketones is 1. The van der Waals surface area contributed by atoms with Crippen molar-refractivity contribution in [2.45, 2.75) is 6.42 Å². The summed E-state index contributed by atoms with van der Waals surface area (Å²) in [6.07, 6.45) is 0.182. The van der Waals surface area contributed by atoms with Gasteiger partial charge in [-0.15, -0.1) is 11.3 Å². The summed E-state index contributed by atoms with van der Waals surface area (Å²) in [5, 5.41) is 0. The average molecular weight is 334 g/mol. The number of Topliss-reactive ketones (excluding diaryl/α,β-unsaturated/α-hetero) is 1. The molecule has 1 heterocycles. The highest BCUT2D eigenvalue weighted by atomic mass is 79.9. The summed E-state index contributed by atoms with van der Waals surface area (Å²) >= 11 is 10.3. The highest BCUT2D eigenvalue weighted by molar-refractivity contribution is 9.10. The molecule has 0 spiro atoms. The Morgan fingerprint density at radius 2 is 2.18 bits per heavy atom. The SMILES string of the molecule is O=C(Cc1cccc(F)c1)c1cc(Br)c(Cl)s1. The van der Waals surface area contributed by atoms with Crippen LogP contribution in [0.2, 0.25) is 4.34 Å². The Hall–Kier alpha value is -0.710. The van der Waals surface area contributed by atoms with E-state index in [4.69, 9.17) is 11.6 Å². The molecule has 0 radical (unpaired) electrons. The van der Waals surface area contributed by atoms with Crippen molar-refractivity contribution >= 4 is 44.7 Å². The third-order valence-corrected chi connectivity index (χ3v) is 4.69. The summed E-state index contributed by atoms with van der Waals surface area (Å²) in [5.41, 5.74) is 0.663. The zero-order chi connectivity index (χ0) is 12.4. The van der Waals surface area contributed by atoms with Crippen LogP contribution < -0.4 is 0 Å². The van der Waals surface area contributed by atoms with Crippen LogP contribution in [0.25, 0.3) is 0 Å². The molecule has 0 N–H and O–H groups in total. The zero-order valence-corrected chi connectivity index (χ0v) is 11.7. The van der Waals surface area contributed by atoms with E-state index in [9.17, 15) is 9.18 Å². The molecule has 0 unspecified atom stereocenters. The van der Waals surface area contributed by atoms with Crippen LogP contribution >= 0.6 is 38.9 Å². The largest absolute Gasteiger partial charge is 0.293 e. The lowest BCUT2D eigenvalue weighted by Crippen LogP contribution is -2.01. The number of thiophene rings is 1. The quantitative estimate of drug-likeness (QED) is 0.742. The molecule has 0 atom stereocenters. The molecule has 1 nitrogen and oxygen atoms in total. The van der Waals surface area contributed by atoms with Crippen LogP contribution in [0.3, 0.4) is 0 Å². The van der Waals surface area contributed by atoms with Crippen molar-refractivity contribution in [1.29, 1.82) is 0 Å². The van der Waals surface area contributed by atoms with E-state index >= 15 is 0 Å². The minimum absolute atomic E-state index is 0.0619. The summed E-state index contributed by atoms with van der Waals surface area (Å²) in [6, 6.07) is 7.73. The normalized spacial score (nSPS) is 10.5. The van der Waals surface area contributed by atoms with Crippen LogP contribution in [0.4, 0.5) is 4.39 Å². The summed E-state index contributed by atoms with van der Waals surface area (Å²) in [7, 11) is 0. The predicted octanol–water partition coefficient (Wildman–Crippen LogP) is 4.73. The Morgan fingerprint density at radius 1 is 1.41 bits per heavy atom. The van der Waals surface area contributed by atoms with Crippen LogP contribution in [0.5, 0.6) is 0 Å². The van der Waals surface area contributed by atoms with Crippen LogP contribution in [-0.4, -0.2) is 5.78 Å². The second-order valence-corrected chi connectivity index (χ2v) is 5.97. The number of rotatable bonds is 3. The maximum Gasteiger partial charge on any atom is 0.177 e. The van der Waals surface area contributed by atoms with Crippen LogP contribution in [0, 0.1) is 5.82 Å². The van der Waals surface area contributed by atoms with Gasteiger partial charge in [0.15, 0.2) is 5.78 Å². The molecule has 0 bridgehead atoms. The maximum atomic E-state index is 13.0. The van der Waals surface area contributed by atoms with Gasteiger partial charge in [-0.3, -0.25) is 4.79 Å². The molecule has 0 fully saturated rings. The number of carbonyl (C=O) groups is 1. The van der Waals surface area contributed by atoms with Gasteiger partial charge >= 0.3 is 0 Å². The molecule has 1 aromatic heterocycles. The molecule has 0 aliphatic carbocycles. The van der Waals surface area contributed by atoms with Crippen molar-refractivity contribution < 1.29 is 9.18 Å². The van der Waals surface area contributed by atoms with Gasteiger partial charge in [-0.1, -0.05) is 23.7 Å². The molecule has 1 aromatic carbocycles.